The average Bonchev–Trinajstić information content (AvgIpc) is 2.65. The summed E-state index contributed by atoms with van der Waals surface area (Å²) < 4.78 is 1.94. The number of halogens is 2. The zero-order chi connectivity index (χ0) is 18.5. The van der Waals surface area contributed by atoms with Crippen molar-refractivity contribution in [1.82, 2.24) is 0 Å². The summed E-state index contributed by atoms with van der Waals surface area (Å²) in [4.78, 5) is 18.9. The summed E-state index contributed by atoms with van der Waals surface area (Å²) in [7, 11) is 0. The van der Waals surface area contributed by atoms with Crippen LogP contribution in [0.15, 0.2) is 92.8 Å². The first-order valence-electron chi connectivity index (χ1n) is 8.00. The van der Waals surface area contributed by atoms with Gasteiger partial charge in [-0.05, 0) is 48.5 Å². The van der Waals surface area contributed by atoms with E-state index in [1.165, 1.54) is 0 Å². The smallest absolute Gasteiger partial charge is 0.229 e. The van der Waals surface area contributed by atoms with Crippen molar-refractivity contribution in [2.75, 3.05) is 4.90 Å². The lowest BCUT2D eigenvalue weighted by atomic mass is 10.1. The third kappa shape index (κ3) is 4.48. The van der Waals surface area contributed by atoms with Crippen molar-refractivity contribution in [2.24, 2.45) is 4.99 Å². The highest BCUT2D eigenvalue weighted by Crippen LogP contribution is 2.24. The van der Waals surface area contributed by atoms with Crippen LogP contribution in [0.5, 0.6) is 0 Å². The number of rotatable bonds is 3. The minimum Gasteiger partial charge on any atom is -0.274 e. The number of hydrogen-bond acceptors (Lipinski definition) is 2. The molecule has 1 amide bonds. The molecule has 0 N–H and O–H groups in total. The molecule has 0 aliphatic rings. The molecule has 0 saturated heterocycles. The van der Waals surface area contributed by atoms with E-state index in [1.54, 1.807) is 11.8 Å². The number of carbonyl (C=O) groups excluding carboxylic acids is 1. The standard InChI is InChI=1S/C21H16Br2N2O/c1-15(26)25(20-13-9-18(23)10-14-20)21(16-5-3-2-4-6-16)24-19-11-7-17(22)8-12-19/h2-14H,1H3. The lowest BCUT2D eigenvalue weighted by Gasteiger charge is -2.23. The molecule has 0 aromatic heterocycles. The Labute approximate surface area is 169 Å². The summed E-state index contributed by atoms with van der Waals surface area (Å²) in [6, 6.07) is 25.0. The van der Waals surface area contributed by atoms with Crippen LogP contribution in [0.3, 0.4) is 0 Å². The van der Waals surface area contributed by atoms with Gasteiger partial charge in [0.05, 0.1) is 11.4 Å². The Morgan fingerprint density at radius 1 is 0.808 bits per heavy atom. The summed E-state index contributed by atoms with van der Waals surface area (Å²) in [5.74, 6) is 0.481. The predicted molar refractivity (Wildman–Crippen MR) is 114 cm³/mol. The first-order chi connectivity index (χ1) is 12.5. The number of aliphatic imine (C=N–C) groups is 1. The zero-order valence-corrected chi connectivity index (χ0v) is 17.2. The van der Waals surface area contributed by atoms with E-state index in [0.29, 0.717) is 5.84 Å². The van der Waals surface area contributed by atoms with Gasteiger partial charge in [0.2, 0.25) is 5.91 Å². The fourth-order valence-corrected chi connectivity index (χ4v) is 3.04. The van der Waals surface area contributed by atoms with E-state index in [0.717, 1.165) is 25.9 Å². The largest absolute Gasteiger partial charge is 0.274 e. The Morgan fingerprint density at radius 3 is 1.88 bits per heavy atom. The van der Waals surface area contributed by atoms with Crippen molar-refractivity contribution in [3.63, 3.8) is 0 Å². The molecule has 0 aliphatic carbocycles. The molecule has 3 aromatic carbocycles. The molecule has 0 bridgehead atoms. The molecule has 3 nitrogen and oxygen atoms in total. The summed E-state index contributed by atoms with van der Waals surface area (Å²) in [6.45, 7) is 1.54. The van der Waals surface area contributed by atoms with Gasteiger partial charge in [0, 0.05) is 21.4 Å². The van der Waals surface area contributed by atoms with Gasteiger partial charge in [0.15, 0.2) is 0 Å². The molecule has 130 valence electrons. The van der Waals surface area contributed by atoms with Crippen LogP contribution in [0.1, 0.15) is 12.5 Å². The Kier molecular flexibility index (Phi) is 6.01. The van der Waals surface area contributed by atoms with Crippen molar-refractivity contribution in [2.45, 2.75) is 6.92 Å². The van der Waals surface area contributed by atoms with E-state index in [-0.39, 0.29) is 5.91 Å². The predicted octanol–water partition coefficient (Wildman–Crippen LogP) is 6.34. The molecule has 3 aromatic rings. The van der Waals surface area contributed by atoms with Crippen molar-refractivity contribution in [1.29, 1.82) is 0 Å². The van der Waals surface area contributed by atoms with Crippen LogP contribution < -0.4 is 4.90 Å². The molecule has 0 radical (unpaired) electrons. The van der Waals surface area contributed by atoms with Crippen LogP contribution in [0.25, 0.3) is 0 Å². The summed E-state index contributed by atoms with van der Waals surface area (Å²) in [5, 5.41) is 0. The maximum absolute atomic E-state index is 12.5. The second-order valence-corrected chi connectivity index (χ2v) is 7.44. The molecule has 0 unspecified atom stereocenters. The molecular weight excluding hydrogens is 456 g/mol. The molecular formula is C21H16Br2N2O. The first kappa shape index (κ1) is 18.5. The SMILES string of the molecule is CC(=O)N(C(=Nc1ccc(Br)cc1)c1ccccc1)c1ccc(Br)cc1. The van der Waals surface area contributed by atoms with Gasteiger partial charge in [-0.25, -0.2) is 4.99 Å². The Morgan fingerprint density at radius 2 is 1.35 bits per heavy atom. The Balaban J connectivity index is 2.15. The number of carbonyl (C=O) groups is 1. The lowest BCUT2D eigenvalue weighted by Crippen LogP contribution is -2.35. The van der Waals surface area contributed by atoms with Crippen molar-refractivity contribution in [3.05, 3.63) is 93.4 Å². The zero-order valence-electron chi connectivity index (χ0n) is 14.1. The van der Waals surface area contributed by atoms with E-state index in [9.17, 15) is 4.79 Å². The highest BCUT2D eigenvalue weighted by molar-refractivity contribution is 9.10. The molecule has 5 heteroatoms. The summed E-state index contributed by atoms with van der Waals surface area (Å²) in [6.07, 6.45) is 0. The maximum Gasteiger partial charge on any atom is 0.229 e. The van der Waals surface area contributed by atoms with Crippen molar-refractivity contribution < 1.29 is 4.79 Å². The number of anilines is 1. The molecule has 3 rings (SSSR count). The number of hydrogen-bond donors (Lipinski definition) is 0. The second-order valence-electron chi connectivity index (χ2n) is 5.61. The minimum absolute atomic E-state index is 0.105. The number of amidine groups is 1. The molecule has 0 fully saturated rings. The molecule has 0 atom stereocenters. The normalized spacial score (nSPS) is 11.3. The minimum atomic E-state index is -0.105. The monoisotopic (exact) mass is 470 g/mol. The van der Waals surface area contributed by atoms with Gasteiger partial charge >= 0.3 is 0 Å². The quantitative estimate of drug-likeness (QED) is 0.324. The van der Waals surface area contributed by atoms with Gasteiger partial charge in [-0.2, -0.15) is 0 Å². The fraction of sp³-hybridized carbons (Fsp3) is 0.0476. The van der Waals surface area contributed by atoms with Gasteiger partial charge in [0.1, 0.15) is 5.84 Å². The Bertz CT molecular complexity index is 920. The molecule has 0 saturated carbocycles. The van der Waals surface area contributed by atoms with Crippen molar-refractivity contribution in [3.8, 4) is 0 Å². The van der Waals surface area contributed by atoms with Crippen LogP contribution in [-0.4, -0.2) is 11.7 Å². The van der Waals surface area contributed by atoms with Crippen LogP contribution in [0, 0.1) is 0 Å². The van der Waals surface area contributed by atoms with E-state index >= 15 is 0 Å². The Hall–Kier alpha value is -2.24. The van der Waals surface area contributed by atoms with Crippen LogP contribution in [-0.2, 0) is 4.79 Å². The number of benzene rings is 3. The van der Waals surface area contributed by atoms with Crippen LogP contribution in [0.2, 0.25) is 0 Å². The summed E-state index contributed by atoms with van der Waals surface area (Å²) in [5.41, 5.74) is 2.41. The maximum atomic E-state index is 12.5. The van der Waals surface area contributed by atoms with Gasteiger partial charge in [-0.3, -0.25) is 9.69 Å². The highest BCUT2D eigenvalue weighted by Gasteiger charge is 2.20. The number of nitrogens with zero attached hydrogens (tertiary/aromatic N) is 2. The van der Waals surface area contributed by atoms with E-state index < -0.39 is 0 Å². The van der Waals surface area contributed by atoms with Gasteiger partial charge in [-0.1, -0.05) is 62.2 Å². The van der Waals surface area contributed by atoms with E-state index in [4.69, 9.17) is 4.99 Å². The lowest BCUT2D eigenvalue weighted by molar-refractivity contribution is -0.115. The molecule has 0 heterocycles. The highest BCUT2D eigenvalue weighted by atomic mass is 79.9. The van der Waals surface area contributed by atoms with Crippen LogP contribution in [0.4, 0.5) is 11.4 Å². The van der Waals surface area contributed by atoms with E-state index in [1.807, 2.05) is 78.9 Å². The van der Waals surface area contributed by atoms with Gasteiger partial charge in [-0.15, -0.1) is 0 Å². The van der Waals surface area contributed by atoms with E-state index in [2.05, 4.69) is 31.9 Å². The molecule has 0 aliphatic heterocycles. The molecule has 0 spiro atoms. The third-order valence-electron chi connectivity index (χ3n) is 3.71. The number of amides is 1. The van der Waals surface area contributed by atoms with Gasteiger partial charge in [0.25, 0.3) is 0 Å². The topological polar surface area (TPSA) is 32.7 Å². The molecule has 26 heavy (non-hydrogen) atoms. The van der Waals surface area contributed by atoms with Crippen molar-refractivity contribution >= 4 is 55.0 Å². The van der Waals surface area contributed by atoms with Crippen LogP contribution >= 0.6 is 31.9 Å². The third-order valence-corrected chi connectivity index (χ3v) is 4.76. The first-order valence-corrected chi connectivity index (χ1v) is 9.59. The second kappa shape index (κ2) is 8.43. The average molecular weight is 472 g/mol. The fourth-order valence-electron chi connectivity index (χ4n) is 2.51. The summed E-state index contributed by atoms with van der Waals surface area (Å²) >= 11 is 6.87. The van der Waals surface area contributed by atoms with Gasteiger partial charge < -0.3 is 0 Å².